The Labute approximate surface area is 80.7 Å². The Kier molecular flexibility index (Phi) is 1.18. The van der Waals surface area contributed by atoms with Gasteiger partial charge in [0.1, 0.15) is 0 Å². The Morgan fingerprint density at radius 2 is 1.92 bits per heavy atom. The molecule has 0 unspecified atom stereocenters. The molecule has 68 valence electrons. The summed E-state index contributed by atoms with van der Waals surface area (Å²) in [6, 6.07) is -4.23. The van der Waals surface area contributed by atoms with Crippen molar-refractivity contribution in [2.45, 2.75) is 11.7 Å². The largest absolute Gasteiger partial charge is 0.412 e. The van der Waals surface area contributed by atoms with Crippen molar-refractivity contribution >= 4 is 10.1 Å². The summed E-state index contributed by atoms with van der Waals surface area (Å²) in [5.74, 6) is 0. The summed E-state index contributed by atoms with van der Waals surface area (Å²) >= 11 is 0. The van der Waals surface area contributed by atoms with Crippen LogP contribution in [0.25, 0.3) is 0 Å². The molecular formula is C7H10O4S. The van der Waals surface area contributed by atoms with E-state index in [0.29, 0.717) is 0 Å². The van der Waals surface area contributed by atoms with Gasteiger partial charge in [-0.1, -0.05) is 17.6 Å². The van der Waals surface area contributed by atoms with Crippen molar-refractivity contribution in [2.24, 2.45) is 0 Å². The Morgan fingerprint density at radius 3 is 2.25 bits per heavy atom. The molecule has 0 aromatic heterocycles. The van der Waals surface area contributed by atoms with Gasteiger partial charge in [-0.2, -0.15) is 8.42 Å². The average Bonchev–Trinajstić information content (AvgIpc) is 2.10. The van der Waals surface area contributed by atoms with Crippen LogP contribution in [0.1, 0.15) is 15.2 Å². The van der Waals surface area contributed by atoms with Crippen molar-refractivity contribution in [2.75, 3.05) is 0 Å². The lowest BCUT2D eigenvalue weighted by atomic mass is 10.2. The van der Waals surface area contributed by atoms with Gasteiger partial charge in [-0.3, -0.25) is 4.55 Å². The van der Waals surface area contributed by atoms with E-state index in [9.17, 15) is 8.42 Å². The predicted molar refractivity (Wildman–Crippen MR) is 44.6 cm³/mol. The smallest absolute Gasteiger partial charge is 0.294 e. The number of benzene rings is 1. The fourth-order valence-corrected chi connectivity index (χ4v) is 0.790. The van der Waals surface area contributed by atoms with Gasteiger partial charge >= 0.3 is 0 Å². The van der Waals surface area contributed by atoms with E-state index in [2.05, 4.69) is 0 Å². The molecule has 1 aromatic rings. The van der Waals surface area contributed by atoms with Crippen LogP contribution in [0.3, 0.4) is 0 Å². The SMILES string of the molecule is O.[2H]c1c([2H])c(S(=O)(=O)O)c([2H])c([2H])c1C([2H])([2H])[2H]. The maximum atomic E-state index is 10.9. The lowest BCUT2D eigenvalue weighted by molar-refractivity contribution is 0.483. The second-order valence-corrected chi connectivity index (χ2v) is 3.04. The maximum absolute atomic E-state index is 10.9. The van der Waals surface area contributed by atoms with Gasteiger partial charge in [0.2, 0.25) is 0 Å². The molecule has 0 fully saturated rings. The highest BCUT2D eigenvalue weighted by Crippen LogP contribution is 2.08. The summed E-state index contributed by atoms with van der Waals surface area (Å²) < 4.78 is 81.4. The van der Waals surface area contributed by atoms with E-state index in [4.69, 9.17) is 14.1 Å². The molecule has 5 heteroatoms. The van der Waals surface area contributed by atoms with E-state index in [0.717, 1.165) is 0 Å². The zero-order chi connectivity index (χ0) is 14.5. The van der Waals surface area contributed by atoms with Crippen molar-refractivity contribution < 1.29 is 28.0 Å². The van der Waals surface area contributed by atoms with Gasteiger partial charge in [0.25, 0.3) is 10.1 Å². The second-order valence-electron chi connectivity index (χ2n) is 1.68. The zero-order valence-electron chi connectivity index (χ0n) is 12.7. The molecule has 0 amide bonds. The number of rotatable bonds is 1. The molecule has 0 saturated carbocycles. The first-order valence-electron chi connectivity index (χ1n) is 5.97. The molecule has 0 aliphatic rings. The third-order valence-electron chi connectivity index (χ3n) is 0.860. The number of hydrogen-bond acceptors (Lipinski definition) is 2. The molecule has 1 rings (SSSR count). The van der Waals surface area contributed by atoms with Crippen LogP contribution < -0.4 is 0 Å². The summed E-state index contributed by atoms with van der Waals surface area (Å²) in [5.41, 5.74) is -0.884. The molecule has 3 N–H and O–H groups in total. The third kappa shape index (κ3) is 2.61. The minimum absolute atomic E-state index is 0. The third-order valence-corrected chi connectivity index (χ3v) is 1.58. The fourth-order valence-electron chi connectivity index (χ4n) is 0.430. The zero-order valence-corrected chi connectivity index (χ0v) is 6.49. The van der Waals surface area contributed by atoms with E-state index in [-0.39, 0.29) is 5.48 Å². The minimum Gasteiger partial charge on any atom is -0.412 e. The summed E-state index contributed by atoms with van der Waals surface area (Å²) in [6.07, 6.45) is 0. The molecular weight excluding hydrogens is 180 g/mol. The first-order valence-corrected chi connectivity index (χ1v) is 3.91. The molecule has 1 aromatic carbocycles. The van der Waals surface area contributed by atoms with Crippen molar-refractivity contribution in [3.8, 4) is 0 Å². The van der Waals surface area contributed by atoms with E-state index >= 15 is 0 Å². The van der Waals surface area contributed by atoms with Crippen molar-refractivity contribution in [3.05, 3.63) is 29.7 Å². The van der Waals surface area contributed by atoms with Crippen LogP contribution in [0.15, 0.2) is 29.1 Å². The average molecular weight is 197 g/mol. The molecule has 4 nitrogen and oxygen atoms in total. The summed E-state index contributed by atoms with van der Waals surface area (Å²) in [4.78, 5) is -1.23. The molecule has 0 saturated heterocycles. The van der Waals surface area contributed by atoms with E-state index in [1.807, 2.05) is 0 Å². The van der Waals surface area contributed by atoms with Crippen LogP contribution in [-0.2, 0) is 10.1 Å². The molecule has 0 atom stereocenters. The van der Waals surface area contributed by atoms with Crippen LogP contribution in [0.5, 0.6) is 0 Å². The normalized spacial score (nSPS) is 19.9. The first-order chi connectivity index (χ1) is 7.89. The monoisotopic (exact) mass is 197 g/mol. The summed E-state index contributed by atoms with van der Waals surface area (Å²) in [7, 11) is -4.97. The highest BCUT2D eigenvalue weighted by molar-refractivity contribution is 7.85. The van der Waals surface area contributed by atoms with Crippen LogP contribution in [-0.4, -0.2) is 18.4 Å². The van der Waals surface area contributed by atoms with E-state index < -0.39 is 51.6 Å². The molecule has 0 spiro atoms. The van der Waals surface area contributed by atoms with E-state index in [1.165, 1.54) is 0 Å². The van der Waals surface area contributed by atoms with Gasteiger partial charge in [0.15, 0.2) is 0 Å². The topological polar surface area (TPSA) is 85.9 Å². The predicted octanol–water partition coefficient (Wildman–Crippen LogP) is 0.417. The van der Waals surface area contributed by atoms with Gasteiger partial charge in [-0.05, 0) is 18.9 Å². The number of hydrogen-bond donors (Lipinski definition) is 1. The van der Waals surface area contributed by atoms with Gasteiger partial charge in [-0.15, -0.1) is 0 Å². The lowest BCUT2D eigenvalue weighted by Crippen LogP contribution is -1.96. The van der Waals surface area contributed by atoms with Gasteiger partial charge < -0.3 is 5.48 Å². The van der Waals surface area contributed by atoms with Crippen LogP contribution in [0.2, 0.25) is 0 Å². The van der Waals surface area contributed by atoms with Gasteiger partial charge in [0.05, 0.1) is 10.4 Å². The molecule has 12 heavy (non-hydrogen) atoms. The fraction of sp³-hybridized carbons (Fsp3) is 0.143. The Balaban J connectivity index is 0.00000324. The molecule has 0 aliphatic heterocycles. The van der Waals surface area contributed by atoms with Crippen molar-refractivity contribution in [1.29, 1.82) is 0 Å². The minimum atomic E-state index is -4.97. The Hall–Kier alpha value is -0.910. The molecule has 0 radical (unpaired) electrons. The molecule has 0 bridgehead atoms. The highest BCUT2D eigenvalue weighted by atomic mass is 32.2. The summed E-state index contributed by atoms with van der Waals surface area (Å²) in [5, 5.41) is 0. The standard InChI is InChI=1S/C7H8O3S.H2O/c1-6-2-4-7(5-3-6)11(8,9)10;/h2-5H,1H3,(H,8,9,10);1H2/i1D3,2D,3D,4D,5D;. The first kappa shape index (κ1) is 3.87. The quantitative estimate of drug-likeness (QED) is 0.662. The van der Waals surface area contributed by atoms with Crippen LogP contribution in [0, 0.1) is 6.85 Å². The van der Waals surface area contributed by atoms with Crippen molar-refractivity contribution in [1.82, 2.24) is 0 Å². The van der Waals surface area contributed by atoms with E-state index in [1.54, 1.807) is 0 Å². The molecule has 0 aliphatic carbocycles. The van der Waals surface area contributed by atoms with Gasteiger partial charge in [-0.25, -0.2) is 0 Å². The lowest BCUT2D eigenvalue weighted by Gasteiger charge is -1.95. The van der Waals surface area contributed by atoms with Gasteiger partial charge in [0, 0.05) is 4.11 Å². The van der Waals surface area contributed by atoms with Crippen LogP contribution in [0.4, 0.5) is 0 Å². The molecule has 0 heterocycles. The Morgan fingerprint density at radius 1 is 1.42 bits per heavy atom. The summed E-state index contributed by atoms with van der Waals surface area (Å²) in [6.45, 7) is -2.92. The maximum Gasteiger partial charge on any atom is 0.294 e. The van der Waals surface area contributed by atoms with Crippen molar-refractivity contribution in [3.63, 3.8) is 0 Å². The van der Waals surface area contributed by atoms with Crippen LogP contribution >= 0.6 is 0 Å². The highest BCUT2D eigenvalue weighted by Gasteiger charge is 2.06. The second kappa shape index (κ2) is 3.66. The Bertz CT molecular complexity index is 578.